The van der Waals surface area contributed by atoms with Crippen molar-refractivity contribution < 1.29 is 19.1 Å². The lowest BCUT2D eigenvalue weighted by atomic mass is 9.75. The summed E-state index contributed by atoms with van der Waals surface area (Å²) < 4.78 is 11.0. The van der Waals surface area contributed by atoms with E-state index in [4.69, 9.17) is 9.47 Å². The van der Waals surface area contributed by atoms with Crippen molar-refractivity contribution in [1.29, 1.82) is 0 Å². The van der Waals surface area contributed by atoms with Crippen LogP contribution in [0.25, 0.3) is 0 Å². The minimum Gasteiger partial charge on any atom is -0.454 e. The Morgan fingerprint density at radius 1 is 1.15 bits per heavy atom. The number of piperidine rings is 3. The molecule has 6 rings (SSSR count). The van der Waals surface area contributed by atoms with E-state index in [2.05, 4.69) is 22.3 Å². The number of hydrogen-bond acceptors (Lipinski definition) is 5. The van der Waals surface area contributed by atoms with E-state index in [1.165, 1.54) is 12.5 Å². The van der Waals surface area contributed by atoms with Gasteiger partial charge in [0.05, 0.1) is 12.6 Å². The van der Waals surface area contributed by atoms with Crippen LogP contribution in [0.4, 0.5) is 0 Å². The topological polar surface area (TPSA) is 71.1 Å². The van der Waals surface area contributed by atoms with Gasteiger partial charge in [0.1, 0.15) is 0 Å². The van der Waals surface area contributed by atoms with Gasteiger partial charge in [-0.3, -0.25) is 14.5 Å². The van der Waals surface area contributed by atoms with Crippen LogP contribution in [0.1, 0.15) is 31.2 Å². The second-order valence-corrected chi connectivity index (χ2v) is 8.03. The number of carbonyl (C=O) groups is 2. The molecule has 0 aromatic heterocycles. The van der Waals surface area contributed by atoms with Gasteiger partial charge in [-0.25, -0.2) is 0 Å². The quantitative estimate of drug-likeness (QED) is 0.856. The number of amides is 2. The average molecular weight is 371 g/mol. The normalized spacial score (nSPS) is 33.1. The van der Waals surface area contributed by atoms with Gasteiger partial charge in [0.15, 0.2) is 11.5 Å². The van der Waals surface area contributed by atoms with Gasteiger partial charge in [0.25, 0.3) is 0 Å². The van der Waals surface area contributed by atoms with Crippen molar-refractivity contribution in [2.45, 2.75) is 37.8 Å². The Labute approximate surface area is 158 Å². The molecular formula is C20H25N3O4. The smallest absolute Gasteiger partial charge is 0.242 e. The molecule has 1 N–H and O–H groups in total. The molecule has 5 aliphatic rings. The van der Waals surface area contributed by atoms with Crippen LogP contribution in [0.2, 0.25) is 0 Å². The minimum absolute atomic E-state index is 0.0252. The molecule has 4 saturated heterocycles. The lowest BCUT2D eigenvalue weighted by Crippen LogP contribution is -2.61. The van der Waals surface area contributed by atoms with Crippen LogP contribution in [0.15, 0.2) is 18.2 Å². The predicted octanol–water partition coefficient (Wildman–Crippen LogP) is 0.940. The first-order chi connectivity index (χ1) is 13.1. The number of rotatable bonds is 3. The third kappa shape index (κ3) is 2.76. The summed E-state index contributed by atoms with van der Waals surface area (Å²) in [5, 5.41) is 2.67. The van der Waals surface area contributed by atoms with Gasteiger partial charge < -0.3 is 19.7 Å². The van der Waals surface area contributed by atoms with Gasteiger partial charge in [0, 0.05) is 25.4 Å². The number of benzene rings is 1. The Morgan fingerprint density at radius 2 is 1.93 bits per heavy atom. The molecule has 27 heavy (non-hydrogen) atoms. The average Bonchev–Trinajstić information content (AvgIpc) is 3.32. The van der Waals surface area contributed by atoms with Crippen molar-refractivity contribution in [2.24, 2.45) is 5.92 Å². The van der Waals surface area contributed by atoms with Crippen LogP contribution >= 0.6 is 0 Å². The summed E-state index contributed by atoms with van der Waals surface area (Å²) in [5.74, 6) is 2.26. The van der Waals surface area contributed by atoms with Crippen molar-refractivity contribution >= 4 is 11.8 Å². The van der Waals surface area contributed by atoms with Gasteiger partial charge in [0.2, 0.25) is 18.6 Å². The third-order valence-corrected chi connectivity index (χ3v) is 6.63. The SMILES string of the molecule is CC(=O)NCC(=O)N1C[C@H](c2ccc3c(c2)OCO3)[C@H]2[C@@H]1C1CCN2CC1. The fourth-order valence-corrected chi connectivity index (χ4v) is 5.44. The molecule has 5 heterocycles. The lowest BCUT2D eigenvalue weighted by molar-refractivity contribution is -0.136. The number of ether oxygens (including phenoxy) is 2. The fourth-order valence-electron chi connectivity index (χ4n) is 5.44. The molecule has 0 saturated carbocycles. The highest BCUT2D eigenvalue weighted by atomic mass is 16.7. The number of hydrogen-bond donors (Lipinski definition) is 1. The first-order valence-corrected chi connectivity index (χ1v) is 9.79. The van der Waals surface area contributed by atoms with Gasteiger partial charge in [-0.2, -0.15) is 0 Å². The third-order valence-electron chi connectivity index (χ3n) is 6.63. The van der Waals surface area contributed by atoms with E-state index in [0.717, 1.165) is 37.4 Å². The Morgan fingerprint density at radius 3 is 2.70 bits per heavy atom. The summed E-state index contributed by atoms with van der Waals surface area (Å²) in [6, 6.07) is 6.75. The number of carbonyl (C=O) groups excluding carboxylic acids is 2. The fraction of sp³-hybridized carbons (Fsp3) is 0.600. The van der Waals surface area contributed by atoms with Crippen molar-refractivity contribution in [1.82, 2.24) is 15.1 Å². The number of nitrogens with one attached hydrogen (secondary N) is 1. The summed E-state index contributed by atoms with van der Waals surface area (Å²) >= 11 is 0. The zero-order valence-corrected chi connectivity index (χ0v) is 15.5. The van der Waals surface area contributed by atoms with E-state index in [0.29, 0.717) is 18.5 Å². The van der Waals surface area contributed by atoms with E-state index < -0.39 is 0 Å². The standard InChI is InChI=1S/C20H25N3O4/c1-12(24)21-9-18(25)23-10-15(14-2-3-16-17(8-14)27-11-26-16)20-19(23)13-4-6-22(20)7-5-13/h2-3,8,13,15,19-20H,4-7,9-11H2,1H3,(H,21,24)/t15-,19+,20+/m1/s1. The van der Waals surface area contributed by atoms with Crippen LogP contribution in [-0.2, 0) is 9.59 Å². The number of fused-ring (bicyclic) bond motifs is 3. The molecule has 1 aromatic rings. The van der Waals surface area contributed by atoms with E-state index in [1.54, 1.807) is 0 Å². The summed E-state index contributed by atoms with van der Waals surface area (Å²) in [5.41, 5.74) is 1.21. The highest BCUT2D eigenvalue weighted by molar-refractivity contribution is 5.84. The van der Waals surface area contributed by atoms with E-state index in [1.807, 2.05) is 11.0 Å². The molecule has 0 unspecified atom stereocenters. The van der Waals surface area contributed by atoms with Crippen LogP contribution in [0.3, 0.4) is 0 Å². The maximum atomic E-state index is 12.9. The summed E-state index contributed by atoms with van der Waals surface area (Å²) in [6.07, 6.45) is 2.30. The highest BCUT2D eigenvalue weighted by Crippen LogP contribution is 2.47. The highest BCUT2D eigenvalue weighted by Gasteiger charge is 2.54. The van der Waals surface area contributed by atoms with Crippen molar-refractivity contribution in [3.63, 3.8) is 0 Å². The molecule has 0 radical (unpaired) electrons. The Kier molecular flexibility index (Phi) is 4.00. The van der Waals surface area contributed by atoms with Crippen molar-refractivity contribution in [2.75, 3.05) is 33.0 Å². The second kappa shape index (κ2) is 6.41. The molecule has 3 atom stereocenters. The molecule has 144 valence electrons. The second-order valence-electron chi connectivity index (χ2n) is 8.03. The maximum Gasteiger partial charge on any atom is 0.242 e. The number of likely N-dealkylation sites (tertiary alicyclic amines) is 1. The zero-order chi connectivity index (χ0) is 18.5. The van der Waals surface area contributed by atoms with Crippen LogP contribution in [0.5, 0.6) is 11.5 Å². The molecule has 7 nitrogen and oxygen atoms in total. The van der Waals surface area contributed by atoms with Gasteiger partial charge in [-0.15, -0.1) is 0 Å². The van der Waals surface area contributed by atoms with Gasteiger partial charge in [-0.05, 0) is 49.5 Å². The summed E-state index contributed by atoms with van der Waals surface area (Å²) in [4.78, 5) is 28.7. The number of nitrogens with zero attached hydrogens (tertiary/aromatic N) is 2. The first-order valence-electron chi connectivity index (χ1n) is 9.79. The van der Waals surface area contributed by atoms with E-state index in [9.17, 15) is 9.59 Å². The van der Waals surface area contributed by atoms with Crippen LogP contribution in [0, 0.1) is 5.92 Å². The lowest BCUT2D eigenvalue weighted by Gasteiger charge is -2.51. The first kappa shape index (κ1) is 16.9. The van der Waals surface area contributed by atoms with Crippen molar-refractivity contribution in [3.8, 4) is 11.5 Å². The molecule has 0 spiro atoms. The zero-order valence-electron chi connectivity index (χ0n) is 15.5. The predicted molar refractivity (Wildman–Crippen MR) is 97.6 cm³/mol. The Hall–Kier alpha value is -2.28. The molecular weight excluding hydrogens is 346 g/mol. The summed E-state index contributed by atoms with van der Waals surface area (Å²) in [7, 11) is 0. The van der Waals surface area contributed by atoms with Gasteiger partial charge >= 0.3 is 0 Å². The van der Waals surface area contributed by atoms with E-state index >= 15 is 0 Å². The Bertz CT molecular complexity index is 774. The largest absolute Gasteiger partial charge is 0.454 e. The molecule has 2 amide bonds. The van der Waals surface area contributed by atoms with Crippen LogP contribution in [-0.4, -0.2) is 66.7 Å². The molecule has 7 heteroatoms. The molecule has 5 aliphatic heterocycles. The van der Waals surface area contributed by atoms with Crippen LogP contribution < -0.4 is 14.8 Å². The van der Waals surface area contributed by atoms with Crippen molar-refractivity contribution in [3.05, 3.63) is 23.8 Å². The van der Waals surface area contributed by atoms with E-state index in [-0.39, 0.29) is 37.1 Å². The maximum absolute atomic E-state index is 12.9. The Balaban J connectivity index is 1.45. The van der Waals surface area contributed by atoms with Gasteiger partial charge in [-0.1, -0.05) is 6.07 Å². The minimum atomic E-state index is -0.166. The monoisotopic (exact) mass is 371 g/mol. The molecule has 4 fully saturated rings. The molecule has 2 bridgehead atoms. The molecule has 0 aliphatic carbocycles. The molecule has 1 aromatic carbocycles. The summed E-state index contributed by atoms with van der Waals surface area (Å²) in [6.45, 7) is 4.72.